The Bertz CT molecular complexity index is 964. The summed E-state index contributed by atoms with van der Waals surface area (Å²) < 4.78 is 16.7. The van der Waals surface area contributed by atoms with Gasteiger partial charge in [-0.25, -0.2) is 0 Å². The molecule has 0 bridgehead atoms. The van der Waals surface area contributed by atoms with Crippen molar-refractivity contribution >= 4 is 17.9 Å². The summed E-state index contributed by atoms with van der Waals surface area (Å²) in [7, 11) is 0. The molecule has 6 nitrogen and oxygen atoms in total. The minimum Gasteiger partial charge on any atom is -0.462 e. The lowest BCUT2D eigenvalue weighted by Crippen LogP contribution is -2.30. The van der Waals surface area contributed by atoms with Crippen LogP contribution in [0.2, 0.25) is 0 Å². The van der Waals surface area contributed by atoms with Crippen molar-refractivity contribution in [2.24, 2.45) is 0 Å². The Balaban J connectivity index is 4.44. The second-order valence-electron chi connectivity index (χ2n) is 14.9. The molecule has 312 valence electrons. The second kappa shape index (κ2) is 43.1. The first kappa shape index (κ1) is 51.4. The summed E-state index contributed by atoms with van der Waals surface area (Å²) in [5.74, 6) is -0.939. The molecular weight excluding hydrogens is 673 g/mol. The van der Waals surface area contributed by atoms with E-state index < -0.39 is 6.10 Å². The van der Waals surface area contributed by atoms with E-state index in [1.165, 1.54) is 89.9 Å². The van der Waals surface area contributed by atoms with E-state index in [1.807, 2.05) is 0 Å². The van der Waals surface area contributed by atoms with Crippen molar-refractivity contribution in [3.8, 4) is 0 Å². The summed E-state index contributed by atoms with van der Waals surface area (Å²) in [4.78, 5) is 37.7. The average Bonchev–Trinajstić information content (AvgIpc) is 3.17. The minimum atomic E-state index is -0.787. The largest absolute Gasteiger partial charge is 0.462 e. The number of unbranched alkanes of at least 4 members (excludes halogenated alkanes) is 21. The van der Waals surface area contributed by atoms with E-state index in [0.29, 0.717) is 19.3 Å². The molecule has 0 amide bonds. The van der Waals surface area contributed by atoms with Gasteiger partial charge in [-0.2, -0.15) is 0 Å². The average molecular weight is 757 g/mol. The third kappa shape index (κ3) is 40.6. The molecule has 0 N–H and O–H groups in total. The van der Waals surface area contributed by atoms with Gasteiger partial charge in [-0.1, -0.05) is 172 Å². The number of rotatable bonds is 40. The van der Waals surface area contributed by atoms with E-state index in [4.69, 9.17) is 14.2 Å². The summed E-state index contributed by atoms with van der Waals surface area (Å²) in [6.45, 7) is 6.44. The van der Waals surface area contributed by atoms with Crippen molar-refractivity contribution in [1.29, 1.82) is 0 Å². The fourth-order valence-electron chi connectivity index (χ4n) is 6.16. The van der Waals surface area contributed by atoms with Crippen LogP contribution in [0.5, 0.6) is 0 Å². The molecule has 0 radical (unpaired) electrons. The van der Waals surface area contributed by atoms with E-state index >= 15 is 0 Å². The molecule has 1 unspecified atom stereocenters. The van der Waals surface area contributed by atoms with Gasteiger partial charge in [0, 0.05) is 19.3 Å². The number of esters is 3. The van der Waals surface area contributed by atoms with Crippen LogP contribution in [0.15, 0.2) is 48.6 Å². The van der Waals surface area contributed by atoms with Gasteiger partial charge in [0.25, 0.3) is 0 Å². The normalized spacial score (nSPS) is 12.4. The van der Waals surface area contributed by atoms with Gasteiger partial charge in [-0.05, 0) is 77.0 Å². The van der Waals surface area contributed by atoms with Crippen LogP contribution in [0.4, 0.5) is 0 Å². The SMILES string of the molecule is CC/C=C\C/C=C\C/C=C\CCCCC(=O)OCC(COC(=O)CCCCCCCCCCCCCC)OC(=O)CCCCCCC/C=C\CCCCC. The maximum absolute atomic E-state index is 12.7. The molecule has 0 aliphatic heterocycles. The summed E-state index contributed by atoms with van der Waals surface area (Å²) in [5, 5.41) is 0. The first-order valence-corrected chi connectivity index (χ1v) is 22.6. The Hall–Kier alpha value is -2.63. The van der Waals surface area contributed by atoms with Gasteiger partial charge in [0.05, 0.1) is 0 Å². The van der Waals surface area contributed by atoms with Crippen LogP contribution in [0, 0.1) is 0 Å². The molecule has 0 aliphatic rings. The third-order valence-corrected chi connectivity index (χ3v) is 9.57. The topological polar surface area (TPSA) is 78.9 Å². The van der Waals surface area contributed by atoms with Gasteiger partial charge < -0.3 is 14.2 Å². The molecule has 0 aromatic heterocycles. The first-order chi connectivity index (χ1) is 26.5. The standard InChI is InChI=1S/C48H84O6/c1-4-7-10-13-16-19-22-25-28-31-34-37-40-46(49)52-43-45(54-48(51)42-39-36-33-30-27-24-21-18-15-12-9-6-3)44-53-47(50)41-38-35-32-29-26-23-20-17-14-11-8-5-2/h7,10,16,18-19,21,25,28,45H,4-6,8-9,11-15,17,20,22-24,26-27,29-44H2,1-3H3/b10-7-,19-16-,21-18-,28-25-. The molecule has 0 rings (SSSR count). The highest BCUT2D eigenvalue weighted by molar-refractivity contribution is 5.71. The lowest BCUT2D eigenvalue weighted by Gasteiger charge is -2.18. The number of ether oxygens (including phenoxy) is 3. The highest BCUT2D eigenvalue weighted by Gasteiger charge is 2.19. The monoisotopic (exact) mass is 757 g/mol. The molecule has 1 atom stereocenters. The van der Waals surface area contributed by atoms with Crippen molar-refractivity contribution in [2.75, 3.05) is 13.2 Å². The van der Waals surface area contributed by atoms with Crippen molar-refractivity contribution in [2.45, 2.75) is 226 Å². The van der Waals surface area contributed by atoms with Crippen LogP contribution in [0.3, 0.4) is 0 Å². The molecule has 6 heteroatoms. The molecular formula is C48H84O6. The van der Waals surface area contributed by atoms with Crippen LogP contribution in [0.25, 0.3) is 0 Å². The molecule has 0 aromatic rings. The number of hydrogen-bond acceptors (Lipinski definition) is 6. The van der Waals surface area contributed by atoms with E-state index in [9.17, 15) is 14.4 Å². The predicted molar refractivity (Wildman–Crippen MR) is 229 cm³/mol. The zero-order valence-corrected chi connectivity index (χ0v) is 35.5. The summed E-state index contributed by atoms with van der Waals surface area (Å²) >= 11 is 0. The molecule has 0 spiro atoms. The highest BCUT2D eigenvalue weighted by atomic mass is 16.6. The van der Waals surface area contributed by atoms with Crippen LogP contribution in [-0.4, -0.2) is 37.2 Å². The summed E-state index contributed by atoms with van der Waals surface area (Å²) in [6.07, 6.45) is 49.5. The van der Waals surface area contributed by atoms with E-state index in [-0.39, 0.29) is 31.1 Å². The third-order valence-electron chi connectivity index (χ3n) is 9.57. The molecule has 0 heterocycles. The Morgan fingerprint density at radius 1 is 0.389 bits per heavy atom. The van der Waals surface area contributed by atoms with Gasteiger partial charge in [-0.15, -0.1) is 0 Å². The van der Waals surface area contributed by atoms with E-state index in [1.54, 1.807) is 0 Å². The lowest BCUT2D eigenvalue weighted by molar-refractivity contribution is -0.167. The van der Waals surface area contributed by atoms with E-state index in [2.05, 4.69) is 69.4 Å². The second-order valence-corrected chi connectivity index (χ2v) is 14.9. The molecule has 0 saturated carbocycles. The smallest absolute Gasteiger partial charge is 0.306 e. The van der Waals surface area contributed by atoms with Gasteiger partial charge in [0.15, 0.2) is 6.10 Å². The highest BCUT2D eigenvalue weighted by Crippen LogP contribution is 2.14. The predicted octanol–water partition coefficient (Wildman–Crippen LogP) is 14.4. The van der Waals surface area contributed by atoms with E-state index in [0.717, 1.165) is 89.9 Å². The van der Waals surface area contributed by atoms with Crippen LogP contribution in [0.1, 0.15) is 220 Å². The summed E-state index contributed by atoms with van der Waals surface area (Å²) in [5.41, 5.74) is 0. The van der Waals surface area contributed by atoms with Gasteiger partial charge in [0.1, 0.15) is 13.2 Å². The fraction of sp³-hybridized carbons (Fsp3) is 0.771. The van der Waals surface area contributed by atoms with Crippen molar-refractivity contribution < 1.29 is 28.6 Å². The molecule has 0 fully saturated rings. The van der Waals surface area contributed by atoms with Gasteiger partial charge >= 0.3 is 17.9 Å². The molecule has 0 aliphatic carbocycles. The van der Waals surface area contributed by atoms with Crippen molar-refractivity contribution in [3.63, 3.8) is 0 Å². The molecule has 0 saturated heterocycles. The van der Waals surface area contributed by atoms with Crippen LogP contribution >= 0.6 is 0 Å². The quantitative estimate of drug-likeness (QED) is 0.0268. The number of carbonyl (C=O) groups excluding carboxylic acids is 3. The van der Waals surface area contributed by atoms with Crippen LogP contribution in [-0.2, 0) is 28.6 Å². The van der Waals surface area contributed by atoms with Gasteiger partial charge in [0.2, 0.25) is 0 Å². The number of carbonyl (C=O) groups is 3. The summed E-state index contributed by atoms with van der Waals surface area (Å²) in [6, 6.07) is 0. The Kier molecular flexibility index (Phi) is 41.0. The van der Waals surface area contributed by atoms with Crippen molar-refractivity contribution in [1.82, 2.24) is 0 Å². The zero-order valence-electron chi connectivity index (χ0n) is 35.5. The fourth-order valence-corrected chi connectivity index (χ4v) is 6.16. The van der Waals surface area contributed by atoms with Gasteiger partial charge in [-0.3, -0.25) is 14.4 Å². The Morgan fingerprint density at radius 3 is 1.22 bits per heavy atom. The maximum Gasteiger partial charge on any atom is 0.306 e. The number of allylic oxidation sites excluding steroid dienone is 8. The Labute approximate surface area is 333 Å². The number of hydrogen-bond donors (Lipinski definition) is 0. The molecule has 0 aromatic carbocycles. The molecule has 54 heavy (non-hydrogen) atoms. The lowest BCUT2D eigenvalue weighted by atomic mass is 10.0. The zero-order chi connectivity index (χ0) is 39.4. The van der Waals surface area contributed by atoms with Crippen LogP contribution < -0.4 is 0 Å². The Morgan fingerprint density at radius 2 is 0.722 bits per heavy atom. The van der Waals surface area contributed by atoms with Crippen molar-refractivity contribution in [3.05, 3.63) is 48.6 Å². The maximum atomic E-state index is 12.7. The minimum absolute atomic E-state index is 0.0871. The first-order valence-electron chi connectivity index (χ1n) is 22.6.